The summed E-state index contributed by atoms with van der Waals surface area (Å²) in [7, 11) is 0. The van der Waals surface area contributed by atoms with Crippen molar-refractivity contribution in [2.24, 2.45) is 5.92 Å². The molecule has 148 valence electrons. The summed E-state index contributed by atoms with van der Waals surface area (Å²) in [5.41, 5.74) is 3.20. The Morgan fingerprint density at radius 1 is 0.966 bits per heavy atom. The molecule has 0 aromatic heterocycles. The normalized spacial score (nSPS) is 19.1. The third-order valence-corrected chi connectivity index (χ3v) is 5.66. The average Bonchev–Trinajstić information content (AvgIpc) is 3.17. The fraction of sp³-hybridized carbons (Fsp3) is 0.348. The molecule has 2 aromatic carbocycles. The molecule has 2 heterocycles. The molecule has 0 bridgehead atoms. The number of anilines is 3. The highest BCUT2D eigenvalue weighted by molar-refractivity contribution is 6.03. The predicted octanol–water partition coefficient (Wildman–Crippen LogP) is 3.54. The van der Waals surface area contributed by atoms with Crippen LogP contribution in [-0.4, -0.2) is 31.4 Å². The number of nitrogens with one attached hydrogen (secondary N) is 1. The standard InChI is InChI=1S/C23H24N4O2/c24-15-17-4-6-19(7-5-17)25-23(29)18-14-22(28)27(16-18)21-10-8-20(9-11-21)26-12-2-1-3-13-26/h4-11,18H,1-3,12-14,16H2,(H,25,29). The Morgan fingerprint density at radius 3 is 2.28 bits per heavy atom. The van der Waals surface area contributed by atoms with Crippen LogP contribution >= 0.6 is 0 Å². The summed E-state index contributed by atoms with van der Waals surface area (Å²) in [4.78, 5) is 29.2. The lowest BCUT2D eigenvalue weighted by atomic mass is 10.1. The van der Waals surface area contributed by atoms with Gasteiger partial charge in [0, 0.05) is 43.1 Å². The highest BCUT2D eigenvalue weighted by atomic mass is 16.2. The largest absolute Gasteiger partial charge is 0.372 e. The van der Waals surface area contributed by atoms with Crippen molar-refractivity contribution in [2.75, 3.05) is 34.8 Å². The van der Waals surface area contributed by atoms with Crippen molar-refractivity contribution >= 4 is 28.9 Å². The minimum absolute atomic E-state index is 0.0318. The minimum Gasteiger partial charge on any atom is -0.372 e. The van der Waals surface area contributed by atoms with Gasteiger partial charge in [0.1, 0.15) is 0 Å². The fourth-order valence-corrected chi connectivity index (χ4v) is 4.00. The summed E-state index contributed by atoms with van der Waals surface area (Å²) < 4.78 is 0. The van der Waals surface area contributed by atoms with E-state index in [9.17, 15) is 9.59 Å². The van der Waals surface area contributed by atoms with Gasteiger partial charge in [0.2, 0.25) is 11.8 Å². The summed E-state index contributed by atoms with van der Waals surface area (Å²) >= 11 is 0. The number of nitrogens with zero attached hydrogens (tertiary/aromatic N) is 3. The molecule has 1 atom stereocenters. The lowest BCUT2D eigenvalue weighted by molar-refractivity contribution is -0.122. The van der Waals surface area contributed by atoms with E-state index in [0.29, 0.717) is 17.8 Å². The van der Waals surface area contributed by atoms with Gasteiger partial charge in [0.25, 0.3) is 0 Å². The predicted molar refractivity (Wildman–Crippen MR) is 113 cm³/mol. The maximum Gasteiger partial charge on any atom is 0.229 e. The van der Waals surface area contributed by atoms with Gasteiger partial charge >= 0.3 is 0 Å². The number of hydrogen-bond donors (Lipinski definition) is 1. The second-order valence-electron chi connectivity index (χ2n) is 7.65. The number of carbonyl (C=O) groups is 2. The SMILES string of the molecule is N#Cc1ccc(NC(=O)C2CC(=O)N(c3ccc(N4CCCCC4)cc3)C2)cc1. The van der Waals surface area contributed by atoms with Crippen molar-refractivity contribution < 1.29 is 9.59 Å². The molecule has 6 heteroatoms. The van der Waals surface area contributed by atoms with E-state index in [2.05, 4.69) is 28.4 Å². The Morgan fingerprint density at radius 2 is 1.62 bits per heavy atom. The summed E-state index contributed by atoms with van der Waals surface area (Å²) in [5, 5.41) is 11.7. The first kappa shape index (κ1) is 19.0. The number of nitriles is 1. The van der Waals surface area contributed by atoms with Crippen LogP contribution in [0.15, 0.2) is 48.5 Å². The molecule has 0 aliphatic carbocycles. The molecule has 2 fully saturated rings. The topological polar surface area (TPSA) is 76.4 Å². The molecule has 29 heavy (non-hydrogen) atoms. The van der Waals surface area contributed by atoms with Crippen molar-refractivity contribution in [3.8, 4) is 6.07 Å². The van der Waals surface area contributed by atoms with Crippen LogP contribution in [0.25, 0.3) is 0 Å². The van der Waals surface area contributed by atoms with Crippen LogP contribution in [0.2, 0.25) is 0 Å². The molecule has 0 spiro atoms. The van der Waals surface area contributed by atoms with Gasteiger partial charge in [-0.05, 0) is 67.8 Å². The van der Waals surface area contributed by atoms with Crippen LogP contribution in [0.4, 0.5) is 17.1 Å². The maximum atomic E-state index is 12.6. The van der Waals surface area contributed by atoms with Crippen LogP contribution in [0.1, 0.15) is 31.2 Å². The quantitative estimate of drug-likeness (QED) is 0.869. The van der Waals surface area contributed by atoms with Crippen molar-refractivity contribution in [2.45, 2.75) is 25.7 Å². The first-order valence-electron chi connectivity index (χ1n) is 10.1. The first-order valence-corrected chi connectivity index (χ1v) is 10.1. The zero-order chi connectivity index (χ0) is 20.2. The lowest BCUT2D eigenvalue weighted by Crippen LogP contribution is -2.30. The summed E-state index contributed by atoms with van der Waals surface area (Å²) in [5.74, 6) is -0.592. The molecule has 6 nitrogen and oxygen atoms in total. The van der Waals surface area contributed by atoms with E-state index in [1.54, 1.807) is 29.2 Å². The van der Waals surface area contributed by atoms with Gasteiger partial charge in [-0.15, -0.1) is 0 Å². The third kappa shape index (κ3) is 4.24. The van der Waals surface area contributed by atoms with Crippen molar-refractivity contribution in [3.05, 3.63) is 54.1 Å². The van der Waals surface area contributed by atoms with E-state index in [4.69, 9.17) is 5.26 Å². The molecular weight excluding hydrogens is 364 g/mol. The highest BCUT2D eigenvalue weighted by Crippen LogP contribution is 2.29. The van der Waals surface area contributed by atoms with E-state index in [0.717, 1.165) is 18.8 Å². The van der Waals surface area contributed by atoms with Crippen LogP contribution in [-0.2, 0) is 9.59 Å². The van der Waals surface area contributed by atoms with Gasteiger partial charge in [-0.25, -0.2) is 0 Å². The van der Waals surface area contributed by atoms with Gasteiger partial charge in [-0.2, -0.15) is 5.26 Å². The molecule has 0 radical (unpaired) electrons. The van der Waals surface area contributed by atoms with Gasteiger partial charge in [-0.3, -0.25) is 9.59 Å². The molecule has 4 rings (SSSR count). The lowest BCUT2D eigenvalue weighted by Gasteiger charge is -2.29. The van der Waals surface area contributed by atoms with Gasteiger partial charge in [-0.1, -0.05) is 0 Å². The molecule has 0 saturated carbocycles. The van der Waals surface area contributed by atoms with Gasteiger partial charge in [0.05, 0.1) is 17.6 Å². The summed E-state index contributed by atoms with van der Waals surface area (Å²) in [6, 6.07) is 16.8. The minimum atomic E-state index is -0.389. The fourth-order valence-electron chi connectivity index (χ4n) is 4.00. The number of piperidine rings is 1. The molecule has 2 saturated heterocycles. The first-order chi connectivity index (χ1) is 14.1. The number of benzene rings is 2. The van der Waals surface area contributed by atoms with Crippen molar-refractivity contribution in [3.63, 3.8) is 0 Å². The maximum absolute atomic E-state index is 12.6. The van der Waals surface area contributed by atoms with Crippen LogP contribution < -0.4 is 15.1 Å². The monoisotopic (exact) mass is 388 g/mol. The van der Waals surface area contributed by atoms with E-state index in [1.165, 1.54) is 24.9 Å². The van der Waals surface area contributed by atoms with Gasteiger partial charge < -0.3 is 15.1 Å². The highest BCUT2D eigenvalue weighted by Gasteiger charge is 2.35. The molecule has 2 aliphatic heterocycles. The molecule has 1 unspecified atom stereocenters. The Balaban J connectivity index is 1.39. The average molecular weight is 388 g/mol. The smallest absolute Gasteiger partial charge is 0.229 e. The number of amides is 2. The molecule has 2 aliphatic rings. The van der Waals surface area contributed by atoms with E-state index < -0.39 is 0 Å². The summed E-state index contributed by atoms with van der Waals surface area (Å²) in [6.07, 6.45) is 3.95. The Bertz CT molecular complexity index is 925. The van der Waals surface area contributed by atoms with E-state index in [1.807, 2.05) is 12.1 Å². The molecule has 2 aromatic rings. The third-order valence-electron chi connectivity index (χ3n) is 5.66. The van der Waals surface area contributed by atoms with Crippen molar-refractivity contribution in [1.82, 2.24) is 0 Å². The zero-order valence-corrected chi connectivity index (χ0v) is 16.3. The molecule has 1 N–H and O–H groups in total. The van der Waals surface area contributed by atoms with Crippen LogP contribution in [0, 0.1) is 17.2 Å². The van der Waals surface area contributed by atoms with Crippen LogP contribution in [0.3, 0.4) is 0 Å². The second-order valence-corrected chi connectivity index (χ2v) is 7.65. The number of rotatable bonds is 4. The second kappa shape index (κ2) is 8.36. The number of carbonyl (C=O) groups excluding carboxylic acids is 2. The molecular formula is C23H24N4O2. The Labute approximate surface area is 170 Å². The van der Waals surface area contributed by atoms with E-state index in [-0.39, 0.29) is 24.2 Å². The molecule has 2 amide bonds. The zero-order valence-electron chi connectivity index (χ0n) is 16.3. The Kier molecular flexibility index (Phi) is 5.48. The number of hydrogen-bond acceptors (Lipinski definition) is 4. The summed E-state index contributed by atoms with van der Waals surface area (Å²) in [6.45, 7) is 2.54. The van der Waals surface area contributed by atoms with Gasteiger partial charge in [0.15, 0.2) is 0 Å². The van der Waals surface area contributed by atoms with Crippen molar-refractivity contribution in [1.29, 1.82) is 5.26 Å². The van der Waals surface area contributed by atoms with E-state index >= 15 is 0 Å². The Hall–Kier alpha value is -3.33. The van der Waals surface area contributed by atoms with Crippen LogP contribution in [0.5, 0.6) is 0 Å².